The Morgan fingerprint density at radius 3 is 2.02 bits per heavy atom. The summed E-state index contributed by atoms with van der Waals surface area (Å²) in [5.41, 5.74) is 12.9. The third-order valence-electron chi connectivity index (χ3n) is 9.23. The molecule has 0 atom stereocenters. The second-order valence-electron chi connectivity index (χ2n) is 15.0. The fraction of sp³-hybridized carbons (Fsp3) is 0.200. The average molecular weight is 836 g/mol. The van der Waals surface area contributed by atoms with E-state index in [2.05, 4.69) is 138 Å². The number of hydrogen-bond acceptors (Lipinski definition) is 3. The molecule has 0 radical (unpaired) electrons. The van der Waals surface area contributed by atoms with Gasteiger partial charge in [0.1, 0.15) is 11.6 Å². The number of aromatic hydroxyl groups is 1. The van der Waals surface area contributed by atoms with Crippen molar-refractivity contribution >= 4 is 11.0 Å². The van der Waals surface area contributed by atoms with E-state index in [4.69, 9.17) is 9.97 Å². The molecule has 0 aliphatic heterocycles. The fourth-order valence-electron chi connectivity index (χ4n) is 6.42. The first-order valence-electron chi connectivity index (χ1n) is 16.9. The number of rotatable bonds is 5. The molecule has 4 nitrogen and oxygen atoms in total. The Morgan fingerprint density at radius 2 is 1.32 bits per heavy atom. The summed E-state index contributed by atoms with van der Waals surface area (Å²) >= 11 is 0. The predicted molar refractivity (Wildman–Crippen MR) is 203 cm³/mol. The average Bonchev–Trinajstić information content (AvgIpc) is 3.47. The minimum atomic E-state index is -0.101. The Bertz CT molecular complexity index is 2320. The van der Waals surface area contributed by atoms with Gasteiger partial charge in [-0.3, -0.25) is 9.55 Å². The summed E-state index contributed by atoms with van der Waals surface area (Å²) in [6.07, 6.45) is 1.86. The summed E-state index contributed by atoms with van der Waals surface area (Å²) in [6, 6.07) is 43.3. The molecule has 2 aromatic heterocycles. The largest absolute Gasteiger partial charge is 0.507 e. The molecule has 5 aromatic carbocycles. The van der Waals surface area contributed by atoms with Gasteiger partial charge in [-0.05, 0) is 65.3 Å². The molecule has 1 N–H and O–H groups in total. The van der Waals surface area contributed by atoms with Crippen molar-refractivity contribution in [3.05, 3.63) is 144 Å². The van der Waals surface area contributed by atoms with E-state index < -0.39 is 0 Å². The first kappa shape index (κ1) is 35.0. The number of phenols is 1. The second kappa shape index (κ2) is 13.5. The van der Waals surface area contributed by atoms with E-state index in [0.717, 1.165) is 55.8 Å². The number of phenolic OH excluding ortho intramolecular Hbond substituents is 1. The van der Waals surface area contributed by atoms with Crippen molar-refractivity contribution in [3.63, 3.8) is 0 Å². The monoisotopic (exact) mass is 835 g/mol. The molecule has 0 amide bonds. The molecule has 0 aliphatic rings. The normalized spacial score (nSPS) is 11.8. The summed E-state index contributed by atoms with van der Waals surface area (Å²) in [7, 11) is 0. The number of nitrogens with zero attached hydrogens (tertiary/aromatic N) is 3. The first-order chi connectivity index (χ1) is 23.4. The Kier molecular flexibility index (Phi) is 9.46. The Labute approximate surface area is 310 Å². The summed E-state index contributed by atoms with van der Waals surface area (Å²) < 4.78 is 2.21. The molecule has 0 saturated carbocycles. The summed E-state index contributed by atoms with van der Waals surface area (Å²) in [5.74, 6) is 0.857. The van der Waals surface area contributed by atoms with E-state index in [0.29, 0.717) is 11.4 Å². The zero-order chi connectivity index (χ0) is 34.5. The summed E-state index contributed by atoms with van der Waals surface area (Å²) in [6.45, 7) is 15.5. The Hall–Kier alpha value is -4.79. The Balaban J connectivity index is 0.00000432. The van der Waals surface area contributed by atoms with Gasteiger partial charge in [-0.25, -0.2) is 4.98 Å². The van der Waals surface area contributed by atoms with Gasteiger partial charge in [0.2, 0.25) is 0 Å². The summed E-state index contributed by atoms with van der Waals surface area (Å²) in [4.78, 5) is 10.1. The third-order valence-corrected chi connectivity index (χ3v) is 9.23. The molecule has 7 rings (SSSR count). The van der Waals surface area contributed by atoms with Gasteiger partial charge in [0.15, 0.2) is 0 Å². The Morgan fingerprint density at radius 1 is 0.640 bits per heavy atom. The molecule has 0 fully saturated rings. The van der Waals surface area contributed by atoms with Crippen molar-refractivity contribution in [2.75, 3.05) is 0 Å². The van der Waals surface area contributed by atoms with Crippen molar-refractivity contribution in [2.45, 2.75) is 59.3 Å². The minimum Gasteiger partial charge on any atom is -0.507 e. The van der Waals surface area contributed by atoms with Crippen LogP contribution < -0.4 is 0 Å². The van der Waals surface area contributed by atoms with E-state index in [1.807, 2.05) is 36.5 Å². The third kappa shape index (κ3) is 6.70. The predicted octanol–water partition coefficient (Wildman–Crippen LogP) is 11.5. The van der Waals surface area contributed by atoms with E-state index in [1.165, 1.54) is 11.1 Å². The number of hydrogen-bond donors (Lipinski definition) is 1. The van der Waals surface area contributed by atoms with Crippen LogP contribution in [-0.4, -0.2) is 19.6 Å². The van der Waals surface area contributed by atoms with Gasteiger partial charge in [-0.2, -0.15) is 0 Å². The zero-order valence-corrected chi connectivity index (χ0v) is 31.9. The van der Waals surface area contributed by atoms with Crippen LogP contribution in [0, 0.1) is 13.0 Å². The van der Waals surface area contributed by atoms with Crippen LogP contribution in [0.3, 0.4) is 0 Å². The van der Waals surface area contributed by atoms with E-state index in [-0.39, 0.29) is 37.6 Å². The number of pyridine rings is 1. The van der Waals surface area contributed by atoms with Crippen LogP contribution in [0.15, 0.2) is 121 Å². The van der Waals surface area contributed by atoms with Gasteiger partial charge < -0.3 is 5.11 Å². The maximum atomic E-state index is 11.2. The molecule has 0 saturated heterocycles. The minimum absolute atomic E-state index is 0. The molecule has 0 bridgehead atoms. The van der Waals surface area contributed by atoms with Crippen LogP contribution in [-0.2, 0) is 31.9 Å². The second-order valence-corrected chi connectivity index (χ2v) is 15.0. The molecule has 50 heavy (non-hydrogen) atoms. The molecule has 2 heterocycles. The van der Waals surface area contributed by atoms with Gasteiger partial charge in [0.25, 0.3) is 0 Å². The van der Waals surface area contributed by atoms with Gasteiger partial charge in [0.05, 0.1) is 22.3 Å². The topological polar surface area (TPSA) is 50.9 Å². The van der Waals surface area contributed by atoms with E-state index in [9.17, 15) is 5.11 Å². The van der Waals surface area contributed by atoms with E-state index >= 15 is 0 Å². The molecule has 7 aromatic rings. The number of benzene rings is 5. The van der Waals surface area contributed by atoms with Crippen molar-refractivity contribution in [3.8, 4) is 56.3 Å². The number of para-hydroxylation sites is 2. The van der Waals surface area contributed by atoms with Crippen LogP contribution in [0.25, 0.3) is 61.6 Å². The van der Waals surface area contributed by atoms with E-state index in [1.54, 1.807) is 6.07 Å². The number of aryl methyl sites for hydroxylation is 1. The maximum Gasteiger partial charge on any atom is 0.148 e. The van der Waals surface area contributed by atoms with Crippen LogP contribution in [0.2, 0.25) is 0 Å². The number of imidazole rings is 1. The molecule has 0 spiro atoms. The van der Waals surface area contributed by atoms with Crippen molar-refractivity contribution in [2.24, 2.45) is 0 Å². The molecular weight excluding hydrogens is 794 g/mol. The van der Waals surface area contributed by atoms with Gasteiger partial charge in [0, 0.05) is 38.5 Å². The van der Waals surface area contributed by atoms with Crippen molar-refractivity contribution < 1.29 is 26.2 Å². The smallest absolute Gasteiger partial charge is 0.148 e. The SMILES string of the molecule is Cc1ccnc(-c2[c-]c(-c3cccc4c3nc(-c3ccccc3O)n4-c3ccc(C(C)(C)C)cc3-c3ccccc3)cc(C(C)(C)C)c2)c1.[Pt]. The van der Waals surface area contributed by atoms with Crippen molar-refractivity contribution in [1.82, 2.24) is 14.5 Å². The maximum absolute atomic E-state index is 11.2. The van der Waals surface area contributed by atoms with Crippen molar-refractivity contribution in [1.29, 1.82) is 0 Å². The zero-order valence-electron chi connectivity index (χ0n) is 29.7. The number of fused-ring (bicyclic) bond motifs is 1. The van der Waals surface area contributed by atoms with Gasteiger partial charge in [-0.15, -0.1) is 29.3 Å². The molecular formula is C45H42N3OPt-. The molecule has 0 aliphatic carbocycles. The van der Waals surface area contributed by atoms with Crippen LogP contribution >= 0.6 is 0 Å². The summed E-state index contributed by atoms with van der Waals surface area (Å²) in [5, 5.41) is 11.2. The standard InChI is InChI=1S/C45H42N3O.Pt/c1-29-22-23-46-38(24-29)32-25-31(26-34(27-32)45(5,6)7)35-17-13-18-40-42(35)47-43(36-16-11-12-19-41(36)49)48(40)39-21-20-33(44(2,3)4)28-37(39)30-14-9-8-10-15-30;/h8-24,26-28,49H,1-7H3;/q-1;. The van der Waals surface area contributed by atoms with Crippen LogP contribution in [0.4, 0.5) is 0 Å². The van der Waals surface area contributed by atoms with Crippen LogP contribution in [0.1, 0.15) is 58.2 Å². The van der Waals surface area contributed by atoms with Gasteiger partial charge >= 0.3 is 0 Å². The molecule has 5 heteroatoms. The van der Waals surface area contributed by atoms with Crippen LogP contribution in [0.5, 0.6) is 5.75 Å². The number of aromatic nitrogens is 3. The first-order valence-corrected chi connectivity index (χ1v) is 16.9. The quantitative estimate of drug-likeness (QED) is 0.176. The molecule has 254 valence electrons. The molecule has 0 unspecified atom stereocenters. The fourth-order valence-corrected chi connectivity index (χ4v) is 6.42. The van der Waals surface area contributed by atoms with Gasteiger partial charge in [-0.1, -0.05) is 125 Å².